The molecule has 1 saturated carbocycles. The van der Waals surface area contributed by atoms with Crippen LogP contribution in [0, 0.1) is 6.92 Å². The number of carbonyl (C=O) groups excluding carboxylic acids is 1. The SMILES string of the molecule is COc1cc(Cl)c(C)cc1NC(=O)NCC1(c2ccccc2)CC1. The van der Waals surface area contributed by atoms with Crippen LogP contribution in [0.5, 0.6) is 5.75 Å². The summed E-state index contributed by atoms with van der Waals surface area (Å²) in [6.07, 6.45) is 2.20. The Bertz CT molecular complexity index is 743. The maximum atomic E-state index is 12.3. The highest BCUT2D eigenvalue weighted by molar-refractivity contribution is 6.31. The molecule has 24 heavy (non-hydrogen) atoms. The Morgan fingerprint density at radius 1 is 1.25 bits per heavy atom. The third-order valence-electron chi connectivity index (χ3n) is 4.56. The molecular formula is C19H21ClN2O2. The predicted molar refractivity (Wildman–Crippen MR) is 97.1 cm³/mol. The van der Waals surface area contributed by atoms with Gasteiger partial charge in [-0.05, 0) is 37.0 Å². The number of aryl methyl sites for hydroxylation is 1. The van der Waals surface area contributed by atoms with Crippen molar-refractivity contribution in [3.63, 3.8) is 0 Å². The molecule has 0 bridgehead atoms. The van der Waals surface area contributed by atoms with E-state index in [9.17, 15) is 4.79 Å². The van der Waals surface area contributed by atoms with Crippen molar-refractivity contribution in [2.75, 3.05) is 19.0 Å². The van der Waals surface area contributed by atoms with Crippen LogP contribution in [0.15, 0.2) is 42.5 Å². The van der Waals surface area contributed by atoms with E-state index in [1.54, 1.807) is 13.2 Å². The van der Waals surface area contributed by atoms with Crippen LogP contribution in [0.25, 0.3) is 0 Å². The standard InChI is InChI=1S/C19H21ClN2O2/c1-13-10-16(17(24-2)11-15(13)20)22-18(23)21-12-19(8-9-19)14-6-4-3-5-7-14/h3-7,10-11H,8-9,12H2,1-2H3,(H2,21,22,23). The van der Waals surface area contributed by atoms with Crippen molar-refractivity contribution in [2.45, 2.75) is 25.2 Å². The molecule has 0 radical (unpaired) electrons. The molecule has 2 aromatic rings. The zero-order valence-corrected chi connectivity index (χ0v) is 14.6. The van der Waals surface area contributed by atoms with E-state index in [1.165, 1.54) is 5.56 Å². The second-order valence-electron chi connectivity index (χ2n) is 6.26. The second kappa shape index (κ2) is 6.73. The summed E-state index contributed by atoms with van der Waals surface area (Å²) in [7, 11) is 1.55. The molecule has 0 heterocycles. The third kappa shape index (κ3) is 3.49. The van der Waals surface area contributed by atoms with E-state index < -0.39 is 0 Å². The van der Waals surface area contributed by atoms with E-state index in [0.29, 0.717) is 23.0 Å². The van der Waals surface area contributed by atoms with Crippen LogP contribution in [-0.2, 0) is 5.41 Å². The van der Waals surface area contributed by atoms with E-state index in [1.807, 2.05) is 31.2 Å². The van der Waals surface area contributed by atoms with Gasteiger partial charge >= 0.3 is 6.03 Å². The van der Waals surface area contributed by atoms with Gasteiger partial charge in [-0.25, -0.2) is 4.79 Å². The molecule has 126 valence electrons. The van der Waals surface area contributed by atoms with Crippen molar-refractivity contribution in [1.82, 2.24) is 5.32 Å². The van der Waals surface area contributed by atoms with Crippen LogP contribution < -0.4 is 15.4 Å². The number of benzene rings is 2. The van der Waals surface area contributed by atoms with Gasteiger partial charge in [0.1, 0.15) is 5.75 Å². The van der Waals surface area contributed by atoms with Crippen LogP contribution in [0.1, 0.15) is 24.0 Å². The Balaban J connectivity index is 1.64. The highest BCUT2D eigenvalue weighted by atomic mass is 35.5. The lowest BCUT2D eigenvalue weighted by atomic mass is 9.96. The van der Waals surface area contributed by atoms with Crippen molar-refractivity contribution >= 4 is 23.3 Å². The minimum absolute atomic E-state index is 0.0819. The first-order valence-electron chi connectivity index (χ1n) is 7.99. The highest BCUT2D eigenvalue weighted by Crippen LogP contribution is 2.47. The van der Waals surface area contributed by atoms with Crippen LogP contribution in [0.3, 0.4) is 0 Å². The molecule has 1 fully saturated rings. The largest absolute Gasteiger partial charge is 0.495 e. The number of ether oxygens (including phenoxy) is 1. The summed E-state index contributed by atoms with van der Waals surface area (Å²) in [6, 6.07) is 13.6. The normalized spacial score (nSPS) is 14.8. The molecule has 2 aromatic carbocycles. The van der Waals surface area contributed by atoms with Gasteiger partial charge in [0.2, 0.25) is 0 Å². The molecule has 0 aliphatic heterocycles. The molecule has 1 aliphatic rings. The summed E-state index contributed by atoms with van der Waals surface area (Å²) in [5, 5.41) is 6.44. The van der Waals surface area contributed by atoms with Gasteiger partial charge in [-0.3, -0.25) is 0 Å². The van der Waals surface area contributed by atoms with Crippen molar-refractivity contribution in [3.8, 4) is 5.75 Å². The number of halogens is 1. The van der Waals surface area contributed by atoms with Crippen molar-refractivity contribution in [1.29, 1.82) is 0 Å². The van der Waals surface area contributed by atoms with E-state index in [4.69, 9.17) is 16.3 Å². The summed E-state index contributed by atoms with van der Waals surface area (Å²) in [5.74, 6) is 0.546. The van der Waals surface area contributed by atoms with Crippen molar-refractivity contribution in [3.05, 3.63) is 58.6 Å². The summed E-state index contributed by atoms with van der Waals surface area (Å²) < 4.78 is 5.28. The minimum atomic E-state index is -0.239. The van der Waals surface area contributed by atoms with Gasteiger partial charge in [0.15, 0.2) is 0 Å². The van der Waals surface area contributed by atoms with E-state index >= 15 is 0 Å². The van der Waals surface area contributed by atoms with E-state index in [2.05, 4.69) is 22.8 Å². The fourth-order valence-corrected chi connectivity index (χ4v) is 3.01. The number of nitrogens with one attached hydrogen (secondary N) is 2. The lowest BCUT2D eigenvalue weighted by Crippen LogP contribution is -2.35. The molecule has 4 nitrogen and oxygen atoms in total. The first-order valence-corrected chi connectivity index (χ1v) is 8.36. The molecule has 5 heteroatoms. The average molecular weight is 345 g/mol. The first kappa shape index (κ1) is 16.7. The summed E-state index contributed by atoms with van der Waals surface area (Å²) in [5.41, 5.74) is 2.86. The molecule has 2 N–H and O–H groups in total. The van der Waals surface area contributed by atoms with Gasteiger partial charge in [0.05, 0.1) is 12.8 Å². The van der Waals surface area contributed by atoms with Gasteiger partial charge in [-0.2, -0.15) is 0 Å². The summed E-state index contributed by atoms with van der Waals surface area (Å²) in [6.45, 7) is 2.51. The maximum Gasteiger partial charge on any atom is 0.319 e. The van der Waals surface area contributed by atoms with Crippen LogP contribution in [0.2, 0.25) is 5.02 Å². The Morgan fingerprint density at radius 3 is 2.58 bits per heavy atom. The second-order valence-corrected chi connectivity index (χ2v) is 6.66. The Morgan fingerprint density at radius 2 is 1.96 bits per heavy atom. The number of rotatable bonds is 5. The monoisotopic (exact) mass is 344 g/mol. The summed E-state index contributed by atoms with van der Waals surface area (Å²) >= 11 is 6.09. The number of amides is 2. The van der Waals surface area contributed by atoms with Crippen molar-refractivity contribution < 1.29 is 9.53 Å². The zero-order chi connectivity index (χ0) is 17.2. The lowest BCUT2D eigenvalue weighted by molar-refractivity contribution is 0.251. The maximum absolute atomic E-state index is 12.3. The molecule has 0 spiro atoms. The Kier molecular flexibility index (Phi) is 4.67. The molecule has 0 unspecified atom stereocenters. The lowest BCUT2D eigenvalue weighted by Gasteiger charge is -2.18. The van der Waals surface area contributed by atoms with Crippen molar-refractivity contribution in [2.24, 2.45) is 0 Å². The summed E-state index contributed by atoms with van der Waals surface area (Å²) in [4.78, 5) is 12.3. The fraction of sp³-hybridized carbons (Fsp3) is 0.316. The molecule has 1 aliphatic carbocycles. The van der Waals surface area contributed by atoms with Gasteiger partial charge in [-0.15, -0.1) is 0 Å². The van der Waals surface area contributed by atoms with Crippen LogP contribution >= 0.6 is 11.6 Å². The molecule has 0 saturated heterocycles. The van der Waals surface area contributed by atoms with Gasteiger partial charge < -0.3 is 15.4 Å². The van der Waals surface area contributed by atoms with Gasteiger partial charge in [0, 0.05) is 23.0 Å². The molecule has 2 amide bonds. The van der Waals surface area contributed by atoms with Gasteiger partial charge in [-0.1, -0.05) is 41.9 Å². The fourth-order valence-electron chi connectivity index (χ4n) is 2.86. The molecule has 0 atom stereocenters. The predicted octanol–water partition coefficient (Wildman–Crippen LogP) is 4.51. The quantitative estimate of drug-likeness (QED) is 0.838. The number of carbonyl (C=O) groups is 1. The highest BCUT2D eigenvalue weighted by Gasteiger charge is 2.44. The van der Waals surface area contributed by atoms with Crippen LogP contribution in [-0.4, -0.2) is 19.7 Å². The number of hydrogen-bond donors (Lipinski definition) is 2. The number of urea groups is 1. The molecular weight excluding hydrogens is 324 g/mol. The van der Waals surface area contributed by atoms with Gasteiger partial charge in [0.25, 0.3) is 0 Å². The third-order valence-corrected chi connectivity index (χ3v) is 4.96. The Labute approximate surface area is 147 Å². The smallest absolute Gasteiger partial charge is 0.319 e. The Hall–Kier alpha value is -2.20. The van der Waals surface area contributed by atoms with E-state index in [0.717, 1.165) is 18.4 Å². The number of methoxy groups -OCH3 is 1. The number of hydrogen-bond acceptors (Lipinski definition) is 2. The number of anilines is 1. The molecule has 0 aromatic heterocycles. The van der Waals surface area contributed by atoms with Crippen LogP contribution in [0.4, 0.5) is 10.5 Å². The zero-order valence-electron chi connectivity index (χ0n) is 13.9. The molecule has 3 rings (SSSR count). The minimum Gasteiger partial charge on any atom is -0.495 e. The topological polar surface area (TPSA) is 50.4 Å². The van der Waals surface area contributed by atoms with E-state index in [-0.39, 0.29) is 11.4 Å². The first-order chi connectivity index (χ1) is 11.5. The average Bonchev–Trinajstić information content (AvgIpc) is 3.38.